The lowest BCUT2D eigenvalue weighted by atomic mass is 10.2. The van der Waals surface area contributed by atoms with Crippen LogP contribution in [0.2, 0.25) is 10.2 Å². The van der Waals surface area contributed by atoms with E-state index in [-0.39, 0.29) is 11.2 Å². The fourth-order valence-corrected chi connectivity index (χ4v) is 2.82. The molecule has 0 radical (unpaired) electrons. The summed E-state index contributed by atoms with van der Waals surface area (Å²) in [5, 5.41) is 2.07. The summed E-state index contributed by atoms with van der Waals surface area (Å²) >= 11 is 13.3. The number of benzene rings is 1. The van der Waals surface area contributed by atoms with Crippen LogP contribution in [0.15, 0.2) is 35.4 Å². The van der Waals surface area contributed by atoms with Gasteiger partial charge in [0, 0.05) is 16.3 Å². The number of nitrogens with zero attached hydrogens (tertiary/aromatic N) is 2. The Hall–Kier alpha value is -0.970. The smallest absolute Gasteiger partial charge is 0.222 e. The van der Waals surface area contributed by atoms with Gasteiger partial charge in [-0.2, -0.15) is 0 Å². The van der Waals surface area contributed by atoms with Gasteiger partial charge in [0.15, 0.2) is 0 Å². The van der Waals surface area contributed by atoms with Gasteiger partial charge in [-0.15, -0.1) is 0 Å². The van der Waals surface area contributed by atoms with Crippen molar-refractivity contribution in [1.82, 2.24) is 9.97 Å². The van der Waals surface area contributed by atoms with Crippen molar-refractivity contribution < 1.29 is 0 Å². The Kier molecular flexibility index (Phi) is 4.32. The number of rotatable bonds is 3. The highest BCUT2D eigenvalue weighted by atomic mass is 35.5. The van der Waals surface area contributed by atoms with Gasteiger partial charge < -0.3 is 5.73 Å². The Morgan fingerprint density at radius 3 is 2.44 bits per heavy atom. The number of hydrogen-bond donors (Lipinski definition) is 1. The molecule has 1 aromatic carbocycles. The number of hydrogen-bond acceptors (Lipinski definition) is 4. The predicted octanol–water partition coefficient (Wildman–Crippen LogP) is 4.22. The SMILES string of the molecule is CC(Sc1cc(Cl)nc(N)n1)c1ccc(Cl)cc1. The highest BCUT2D eigenvalue weighted by molar-refractivity contribution is 7.99. The number of anilines is 1. The van der Waals surface area contributed by atoms with E-state index in [1.807, 2.05) is 24.3 Å². The first-order chi connectivity index (χ1) is 8.54. The van der Waals surface area contributed by atoms with Crippen molar-refractivity contribution in [3.05, 3.63) is 46.1 Å². The van der Waals surface area contributed by atoms with Gasteiger partial charge in [0.05, 0.1) is 0 Å². The van der Waals surface area contributed by atoms with E-state index in [2.05, 4.69) is 16.9 Å². The monoisotopic (exact) mass is 299 g/mol. The first-order valence-electron chi connectivity index (χ1n) is 5.27. The molecule has 2 rings (SSSR count). The van der Waals surface area contributed by atoms with Crippen LogP contribution < -0.4 is 5.73 Å². The maximum atomic E-state index is 5.86. The molecule has 0 aliphatic carbocycles. The van der Waals surface area contributed by atoms with E-state index in [4.69, 9.17) is 28.9 Å². The third kappa shape index (κ3) is 3.51. The maximum absolute atomic E-state index is 5.86. The normalized spacial score (nSPS) is 12.4. The second-order valence-electron chi connectivity index (χ2n) is 3.70. The standard InChI is InChI=1S/C12H11Cl2N3S/c1-7(8-2-4-9(13)5-3-8)18-11-6-10(14)16-12(15)17-11/h2-7H,1H3,(H2,15,16,17). The molecular weight excluding hydrogens is 289 g/mol. The van der Waals surface area contributed by atoms with Crippen LogP contribution in [-0.4, -0.2) is 9.97 Å². The number of aromatic nitrogens is 2. The summed E-state index contributed by atoms with van der Waals surface area (Å²) in [6.45, 7) is 2.08. The highest BCUT2D eigenvalue weighted by Gasteiger charge is 2.10. The molecule has 2 N–H and O–H groups in total. The zero-order valence-corrected chi connectivity index (χ0v) is 11.9. The molecule has 18 heavy (non-hydrogen) atoms. The average molecular weight is 300 g/mol. The van der Waals surface area contributed by atoms with Crippen LogP contribution >= 0.6 is 35.0 Å². The molecule has 0 fully saturated rings. The predicted molar refractivity (Wildman–Crippen MR) is 77.2 cm³/mol. The molecule has 1 unspecified atom stereocenters. The van der Waals surface area contributed by atoms with E-state index in [1.165, 1.54) is 0 Å². The van der Waals surface area contributed by atoms with E-state index in [0.29, 0.717) is 5.15 Å². The van der Waals surface area contributed by atoms with Crippen molar-refractivity contribution in [2.24, 2.45) is 0 Å². The Labute approximate surface area is 120 Å². The Morgan fingerprint density at radius 1 is 1.17 bits per heavy atom. The first kappa shape index (κ1) is 13.5. The Bertz CT molecular complexity index is 525. The molecule has 1 aromatic heterocycles. The number of halogens is 2. The van der Waals surface area contributed by atoms with Crippen molar-refractivity contribution in [1.29, 1.82) is 0 Å². The third-order valence-corrected chi connectivity index (χ3v) is 3.85. The molecule has 0 aliphatic heterocycles. The highest BCUT2D eigenvalue weighted by Crippen LogP contribution is 2.34. The van der Waals surface area contributed by atoms with Gasteiger partial charge in [0.25, 0.3) is 0 Å². The molecule has 0 saturated carbocycles. The van der Waals surface area contributed by atoms with E-state index in [0.717, 1.165) is 15.6 Å². The summed E-state index contributed by atoms with van der Waals surface area (Å²) in [7, 11) is 0. The van der Waals surface area contributed by atoms with Crippen LogP contribution in [0.3, 0.4) is 0 Å². The zero-order valence-electron chi connectivity index (χ0n) is 9.60. The summed E-state index contributed by atoms with van der Waals surface area (Å²) in [4.78, 5) is 7.96. The van der Waals surface area contributed by atoms with Gasteiger partial charge in [0.2, 0.25) is 5.95 Å². The van der Waals surface area contributed by atoms with Crippen LogP contribution in [-0.2, 0) is 0 Å². The molecule has 0 spiro atoms. The molecular formula is C12H11Cl2N3S. The van der Waals surface area contributed by atoms with E-state index in [9.17, 15) is 0 Å². The topological polar surface area (TPSA) is 51.8 Å². The van der Waals surface area contributed by atoms with Crippen LogP contribution in [0.4, 0.5) is 5.95 Å². The van der Waals surface area contributed by atoms with E-state index in [1.54, 1.807) is 17.8 Å². The summed E-state index contributed by atoms with van der Waals surface area (Å²) in [6, 6.07) is 9.43. The van der Waals surface area contributed by atoms with E-state index < -0.39 is 0 Å². The van der Waals surface area contributed by atoms with Crippen molar-refractivity contribution in [3.8, 4) is 0 Å². The van der Waals surface area contributed by atoms with Gasteiger partial charge in [-0.3, -0.25) is 0 Å². The molecule has 2 aromatic rings. The van der Waals surface area contributed by atoms with Crippen LogP contribution in [0.1, 0.15) is 17.7 Å². The molecule has 0 aliphatic rings. The number of nitrogens with two attached hydrogens (primary N) is 1. The van der Waals surface area contributed by atoms with Gasteiger partial charge in [-0.05, 0) is 24.6 Å². The van der Waals surface area contributed by atoms with E-state index >= 15 is 0 Å². The zero-order chi connectivity index (χ0) is 13.1. The maximum Gasteiger partial charge on any atom is 0.222 e. The van der Waals surface area contributed by atoms with Gasteiger partial charge >= 0.3 is 0 Å². The van der Waals surface area contributed by atoms with Crippen molar-refractivity contribution in [2.45, 2.75) is 17.2 Å². The second-order valence-corrected chi connectivity index (χ2v) is 5.88. The first-order valence-corrected chi connectivity index (χ1v) is 6.90. The lowest BCUT2D eigenvalue weighted by molar-refractivity contribution is 1.04. The van der Waals surface area contributed by atoms with Gasteiger partial charge in [0.1, 0.15) is 10.2 Å². The molecule has 1 heterocycles. The molecule has 6 heteroatoms. The minimum Gasteiger partial charge on any atom is -0.368 e. The van der Waals surface area contributed by atoms with Crippen LogP contribution in [0.25, 0.3) is 0 Å². The average Bonchev–Trinajstić information content (AvgIpc) is 2.28. The summed E-state index contributed by atoms with van der Waals surface area (Å²) in [5.74, 6) is 0.188. The van der Waals surface area contributed by atoms with Gasteiger partial charge in [-0.25, -0.2) is 9.97 Å². The molecule has 0 saturated heterocycles. The lowest BCUT2D eigenvalue weighted by Gasteiger charge is -2.11. The molecule has 94 valence electrons. The second kappa shape index (κ2) is 5.78. The molecule has 0 amide bonds. The summed E-state index contributed by atoms with van der Waals surface area (Å²) in [5.41, 5.74) is 6.72. The molecule has 0 bridgehead atoms. The molecule has 3 nitrogen and oxygen atoms in total. The van der Waals surface area contributed by atoms with Crippen molar-refractivity contribution >= 4 is 40.9 Å². The minimum absolute atomic E-state index is 0.188. The summed E-state index contributed by atoms with van der Waals surface area (Å²) in [6.07, 6.45) is 0. The quantitative estimate of drug-likeness (QED) is 0.681. The van der Waals surface area contributed by atoms with Gasteiger partial charge in [-0.1, -0.05) is 47.1 Å². The fraction of sp³-hybridized carbons (Fsp3) is 0.167. The Morgan fingerprint density at radius 2 is 1.83 bits per heavy atom. The summed E-state index contributed by atoms with van der Waals surface area (Å²) < 4.78 is 0. The fourth-order valence-electron chi connectivity index (χ4n) is 1.46. The Balaban J connectivity index is 2.15. The molecule has 1 atom stereocenters. The third-order valence-electron chi connectivity index (χ3n) is 2.33. The minimum atomic E-state index is 0.188. The lowest BCUT2D eigenvalue weighted by Crippen LogP contribution is -1.97. The number of thioether (sulfide) groups is 1. The number of nitrogen functional groups attached to an aromatic ring is 1. The van der Waals surface area contributed by atoms with Crippen LogP contribution in [0, 0.1) is 0 Å². The van der Waals surface area contributed by atoms with Crippen LogP contribution in [0.5, 0.6) is 0 Å². The van der Waals surface area contributed by atoms with Crippen molar-refractivity contribution in [3.63, 3.8) is 0 Å². The van der Waals surface area contributed by atoms with Crippen molar-refractivity contribution in [2.75, 3.05) is 5.73 Å². The largest absolute Gasteiger partial charge is 0.368 e.